The molecule has 1 aliphatic heterocycles. The molecule has 150 valence electrons. The number of anilines is 3. The summed E-state index contributed by atoms with van der Waals surface area (Å²) in [6.45, 7) is 2.08. The predicted octanol–water partition coefficient (Wildman–Crippen LogP) is 3.02. The lowest BCUT2D eigenvalue weighted by Crippen LogP contribution is -2.35. The molecule has 8 nitrogen and oxygen atoms in total. The average Bonchev–Trinajstić information content (AvgIpc) is 3.31. The normalized spacial score (nSPS) is 22.2. The Labute approximate surface area is 158 Å². The number of hydrogen-bond donors (Lipinski definition) is 2. The van der Waals surface area contributed by atoms with Crippen LogP contribution in [0.1, 0.15) is 43.4 Å². The van der Waals surface area contributed by atoms with Gasteiger partial charge in [0.05, 0.1) is 24.2 Å². The summed E-state index contributed by atoms with van der Waals surface area (Å²) in [5, 5.41) is 9.98. The Hall–Kier alpha value is -2.85. The molecule has 4 rings (SSSR count). The molecule has 0 aromatic carbocycles. The van der Waals surface area contributed by atoms with Gasteiger partial charge >= 0.3 is 12.1 Å². The molecule has 0 amide bonds. The maximum Gasteiger partial charge on any atom is 0.421 e. The van der Waals surface area contributed by atoms with Gasteiger partial charge < -0.3 is 15.4 Å². The molecular weight excluding hydrogens is 377 g/mol. The van der Waals surface area contributed by atoms with E-state index in [0.29, 0.717) is 18.7 Å². The third kappa shape index (κ3) is 3.14. The van der Waals surface area contributed by atoms with E-state index >= 15 is 0 Å². The predicted molar refractivity (Wildman–Crippen MR) is 93.3 cm³/mol. The largest absolute Gasteiger partial charge is 0.464 e. The molecule has 28 heavy (non-hydrogen) atoms. The molecule has 3 heterocycles. The molecule has 1 saturated heterocycles. The Bertz CT molecular complexity index is 924. The Morgan fingerprint density at radius 3 is 2.68 bits per heavy atom. The fourth-order valence-electron chi connectivity index (χ4n) is 3.16. The number of halogens is 3. The first kappa shape index (κ1) is 18.5. The number of nitrogens with zero attached hydrogens (tertiary/aromatic N) is 4. The molecule has 2 N–H and O–H groups in total. The second-order valence-electron chi connectivity index (χ2n) is 7.14. The van der Waals surface area contributed by atoms with E-state index in [1.54, 1.807) is 17.8 Å². The molecule has 2 fully saturated rings. The van der Waals surface area contributed by atoms with Crippen molar-refractivity contribution in [2.24, 2.45) is 0 Å². The van der Waals surface area contributed by atoms with Gasteiger partial charge in [-0.05, 0) is 19.8 Å². The number of aromatic nitrogens is 4. The molecule has 2 aromatic heterocycles. The maximum atomic E-state index is 13.0. The molecule has 1 aliphatic carbocycles. The summed E-state index contributed by atoms with van der Waals surface area (Å²) in [6.07, 6.45) is 0.263. The zero-order valence-electron chi connectivity index (χ0n) is 15.3. The van der Waals surface area contributed by atoms with Crippen LogP contribution in [0.15, 0.2) is 12.4 Å². The van der Waals surface area contributed by atoms with Crippen LogP contribution in [-0.4, -0.2) is 39.4 Å². The van der Waals surface area contributed by atoms with Gasteiger partial charge in [-0.1, -0.05) is 0 Å². The minimum absolute atomic E-state index is 0.0120. The van der Waals surface area contributed by atoms with Crippen LogP contribution in [0.2, 0.25) is 0 Å². The van der Waals surface area contributed by atoms with Gasteiger partial charge in [0.25, 0.3) is 0 Å². The Balaban J connectivity index is 1.67. The van der Waals surface area contributed by atoms with Crippen LogP contribution in [0.25, 0.3) is 0 Å². The number of carbonyl (C=O) groups is 1. The Morgan fingerprint density at radius 2 is 2.11 bits per heavy atom. The van der Waals surface area contributed by atoms with Crippen molar-refractivity contribution in [1.82, 2.24) is 19.7 Å². The lowest BCUT2D eigenvalue weighted by molar-refractivity contribution is -0.145. The number of carbonyl (C=O) groups excluding carboxylic acids is 1. The van der Waals surface area contributed by atoms with Crippen molar-refractivity contribution in [2.45, 2.75) is 43.8 Å². The summed E-state index contributed by atoms with van der Waals surface area (Å²) in [7, 11) is 1.36. The highest BCUT2D eigenvalue weighted by atomic mass is 19.4. The number of hydrogen-bond acceptors (Lipinski definition) is 7. The monoisotopic (exact) mass is 396 g/mol. The number of ether oxygens (including phenoxy) is 1. The van der Waals surface area contributed by atoms with Gasteiger partial charge in [-0.25, -0.2) is 9.78 Å². The smallest absolute Gasteiger partial charge is 0.421 e. The maximum absolute atomic E-state index is 13.0. The Kier molecular flexibility index (Phi) is 4.20. The number of esters is 1. The van der Waals surface area contributed by atoms with Crippen molar-refractivity contribution in [3.05, 3.63) is 23.7 Å². The summed E-state index contributed by atoms with van der Waals surface area (Å²) in [5.41, 5.74) is -0.527. The quantitative estimate of drug-likeness (QED) is 0.751. The highest BCUT2D eigenvalue weighted by molar-refractivity contribution is 5.80. The van der Waals surface area contributed by atoms with E-state index in [2.05, 4.69) is 25.7 Å². The molecule has 0 unspecified atom stereocenters. The minimum Gasteiger partial charge on any atom is -0.464 e. The van der Waals surface area contributed by atoms with Gasteiger partial charge in [0, 0.05) is 25.6 Å². The third-order valence-corrected chi connectivity index (χ3v) is 5.05. The summed E-state index contributed by atoms with van der Waals surface area (Å²) in [4.78, 5) is 19.9. The van der Waals surface area contributed by atoms with E-state index < -0.39 is 17.3 Å². The molecule has 2 aromatic rings. The number of cyclic esters (lactones) is 1. The summed E-state index contributed by atoms with van der Waals surface area (Å²) < 4.78 is 45.7. The van der Waals surface area contributed by atoms with E-state index in [0.717, 1.165) is 24.7 Å². The number of nitrogens with one attached hydrogen (secondary N) is 2. The zero-order valence-corrected chi connectivity index (χ0v) is 15.3. The van der Waals surface area contributed by atoms with Crippen LogP contribution in [-0.2, 0) is 21.2 Å². The van der Waals surface area contributed by atoms with Crippen LogP contribution < -0.4 is 10.6 Å². The van der Waals surface area contributed by atoms with Crippen LogP contribution in [0.3, 0.4) is 0 Å². The minimum atomic E-state index is -4.56. The van der Waals surface area contributed by atoms with Crippen LogP contribution in [0.5, 0.6) is 0 Å². The average molecular weight is 396 g/mol. The van der Waals surface area contributed by atoms with E-state index in [1.807, 2.05) is 0 Å². The first-order valence-corrected chi connectivity index (χ1v) is 8.88. The third-order valence-electron chi connectivity index (χ3n) is 5.05. The standard InChI is InChI=1S/C17H19F3N6O2/c1-16(5-6-28-14(16)27)26-8-11(12(25-26)9-3-4-9)23-15-22-7-10(17(18,19)20)13(21-2)24-15/h7-9H,3-6H2,1-2H3,(H2,21,22,23,24)/t16-/m0/s1. The van der Waals surface area contributed by atoms with E-state index in [1.165, 1.54) is 7.05 Å². The first-order chi connectivity index (χ1) is 13.2. The van der Waals surface area contributed by atoms with Crippen LogP contribution in [0, 0.1) is 0 Å². The molecule has 1 saturated carbocycles. The lowest BCUT2D eigenvalue weighted by atomic mass is 10.0. The van der Waals surface area contributed by atoms with Crippen molar-refractivity contribution >= 4 is 23.4 Å². The van der Waals surface area contributed by atoms with Gasteiger partial charge in [0.15, 0.2) is 5.54 Å². The van der Waals surface area contributed by atoms with E-state index in [-0.39, 0.29) is 23.7 Å². The number of rotatable bonds is 5. The Morgan fingerprint density at radius 1 is 1.36 bits per heavy atom. The molecular formula is C17H19F3N6O2. The van der Waals surface area contributed by atoms with Crippen molar-refractivity contribution in [3.8, 4) is 0 Å². The fourth-order valence-corrected chi connectivity index (χ4v) is 3.16. The van der Waals surface area contributed by atoms with Gasteiger partial charge in [-0.2, -0.15) is 23.3 Å². The molecule has 11 heteroatoms. The van der Waals surface area contributed by atoms with Gasteiger partial charge in [0.2, 0.25) is 5.95 Å². The zero-order chi connectivity index (χ0) is 20.1. The van der Waals surface area contributed by atoms with Crippen LogP contribution >= 0.6 is 0 Å². The van der Waals surface area contributed by atoms with Gasteiger partial charge in [-0.3, -0.25) is 4.68 Å². The highest BCUT2D eigenvalue weighted by Gasteiger charge is 2.44. The second kappa shape index (κ2) is 6.35. The highest BCUT2D eigenvalue weighted by Crippen LogP contribution is 2.44. The van der Waals surface area contributed by atoms with E-state index in [4.69, 9.17) is 4.74 Å². The SMILES string of the molecule is CNc1nc(Nc2cn([C@@]3(C)CCOC3=O)nc2C2CC2)ncc1C(F)(F)F. The summed E-state index contributed by atoms with van der Waals surface area (Å²) in [6, 6.07) is 0. The first-order valence-electron chi connectivity index (χ1n) is 8.88. The summed E-state index contributed by atoms with van der Waals surface area (Å²) in [5.74, 6) is -0.426. The van der Waals surface area contributed by atoms with E-state index in [9.17, 15) is 18.0 Å². The molecule has 0 spiro atoms. The van der Waals surface area contributed by atoms with Crippen molar-refractivity contribution in [2.75, 3.05) is 24.3 Å². The topological polar surface area (TPSA) is 94.0 Å². The van der Waals surface area contributed by atoms with Crippen molar-refractivity contribution in [3.63, 3.8) is 0 Å². The van der Waals surface area contributed by atoms with Crippen LogP contribution in [0.4, 0.5) is 30.6 Å². The molecule has 0 bridgehead atoms. The second-order valence-corrected chi connectivity index (χ2v) is 7.14. The van der Waals surface area contributed by atoms with Crippen molar-refractivity contribution < 1.29 is 22.7 Å². The fraction of sp³-hybridized carbons (Fsp3) is 0.529. The van der Waals surface area contributed by atoms with Crippen molar-refractivity contribution in [1.29, 1.82) is 0 Å². The summed E-state index contributed by atoms with van der Waals surface area (Å²) >= 11 is 0. The molecule has 0 radical (unpaired) electrons. The lowest BCUT2D eigenvalue weighted by Gasteiger charge is -2.19. The van der Waals surface area contributed by atoms with Gasteiger partial charge in [-0.15, -0.1) is 0 Å². The molecule has 2 aliphatic rings. The van der Waals surface area contributed by atoms with Gasteiger partial charge in [0.1, 0.15) is 11.4 Å². The molecule has 1 atom stereocenters. The number of alkyl halides is 3.